The average Bonchev–Trinajstić information content (AvgIpc) is 0.687. The highest BCUT2D eigenvalue weighted by molar-refractivity contribution is 6.29. The number of carbonyl (C=O) groups excluding carboxylic acids is 8. The Bertz CT molecular complexity index is 4410. The van der Waals surface area contributed by atoms with Gasteiger partial charge in [-0.1, -0.05) is 112 Å². The lowest BCUT2D eigenvalue weighted by atomic mass is 9.32. The number of pyridine rings is 4. The van der Waals surface area contributed by atoms with E-state index in [2.05, 4.69) is 74.5 Å². The molecule has 590 valence electrons. The van der Waals surface area contributed by atoms with Gasteiger partial charge in [0.1, 0.15) is 34.1 Å². The van der Waals surface area contributed by atoms with E-state index in [0.717, 1.165) is 153 Å². The molecule has 19 heteroatoms. The molecule has 113 heavy (non-hydrogen) atoms. The summed E-state index contributed by atoms with van der Waals surface area (Å²) in [5.41, 5.74) is 20.2. The molecule has 0 atom stereocenters. The Kier molecular flexibility index (Phi) is 23.2. The summed E-state index contributed by atoms with van der Waals surface area (Å²) in [5.74, 6) is 3.12. The summed E-state index contributed by atoms with van der Waals surface area (Å²) in [5, 5.41) is 0.479. The zero-order valence-electron chi connectivity index (χ0n) is 67.3. The van der Waals surface area contributed by atoms with E-state index >= 15 is 0 Å². The zero-order valence-corrected chi connectivity index (χ0v) is 68.1. The number of carbonyl (C=O) groups is 8. The van der Waals surface area contributed by atoms with Crippen molar-refractivity contribution in [3.05, 3.63) is 226 Å². The maximum atomic E-state index is 12.8. The number of aryl methyl sites for hydroxylation is 5. The third-order valence-corrected chi connectivity index (χ3v) is 27.1. The molecule has 20 rings (SSSR count). The van der Waals surface area contributed by atoms with Gasteiger partial charge in [-0.3, -0.25) is 43.3 Å². The van der Waals surface area contributed by atoms with Crippen molar-refractivity contribution in [2.24, 2.45) is 21.7 Å². The number of halogens is 1. The number of rotatable bonds is 29. The molecule has 4 aromatic heterocycles. The molecular formula is C94H108ClN9O9. The number of aromatic nitrogens is 4. The fourth-order valence-corrected chi connectivity index (χ4v) is 19.9. The number of nitrogen functional groups attached to an aromatic ring is 1. The van der Waals surface area contributed by atoms with Gasteiger partial charge in [-0.25, -0.2) is 15.0 Å². The molecule has 0 saturated heterocycles. The molecule has 0 unspecified atom stereocenters. The first-order valence-corrected chi connectivity index (χ1v) is 40.7. The van der Waals surface area contributed by atoms with E-state index in [1.807, 2.05) is 148 Å². The maximum absolute atomic E-state index is 12.8. The zero-order chi connectivity index (χ0) is 80.5. The second-order valence-corrected chi connectivity index (χ2v) is 34.5. The molecule has 12 aliphatic rings. The standard InChI is InChI=1S/C24H28N2O3.C24H28N2O2.C23H25ClN2O2.C23H27N3O2/c1-4-22(28)26(2)19-9-7-18(8-10-19)23-14-24(15-23,16-23)20(27)11-5-17-6-12-21(29-3)25-13-17;1-4-22(28)26(3)20-10-8-19(9-11-20)23-14-24(15-23,16-23)21(27)12-7-18-6-5-17(2)25-13-18;2*1-3-21(28)26(2)18-8-6-17(7-9-18)22-13-23(14-22,15-22)19(27)10-4-16-5-11-20(24)25-12-16/h6-10,12-13H,4-5,11,14-16H2,1-3H3;5-6,8-11,13H,4,7,12,14-16H2,1-3H3;5-9,11-12H,3-4,10,13-15H2,1-2H3;5-9,11-12H,3-4,10,13-15H2,1-2H3,(H2,24,25). The van der Waals surface area contributed by atoms with E-state index in [0.29, 0.717) is 91.4 Å². The molecule has 4 aromatic carbocycles. The topological polar surface area (TPSA) is 236 Å². The van der Waals surface area contributed by atoms with Crippen molar-refractivity contribution < 1.29 is 43.1 Å². The number of nitrogens with zero attached hydrogens (tertiary/aromatic N) is 8. The summed E-state index contributed by atoms with van der Waals surface area (Å²) >= 11 is 5.81. The quantitative estimate of drug-likeness (QED) is 0.0429. The van der Waals surface area contributed by atoms with Gasteiger partial charge in [0.2, 0.25) is 29.5 Å². The maximum Gasteiger partial charge on any atom is 0.226 e. The largest absolute Gasteiger partial charge is 0.481 e. The van der Waals surface area contributed by atoms with Gasteiger partial charge in [-0.2, -0.15) is 0 Å². The molecule has 2 N–H and O–H groups in total. The second kappa shape index (κ2) is 32.4. The number of methoxy groups -OCH3 is 1. The van der Waals surface area contributed by atoms with Crippen molar-refractivity contribution in [2.45, 2.75) is 210 Å². The Hall–Kier alpha value is -10.1. The predicted molar refractivity (Wildman–Crippen MR) is 443 cm³/mol. The van der Waals surface area contributed by atoms with Crippen molar-refractivity contribution in [1.82, 2.24) is 19.9 Å². The molecule has 4 amide bonds. The Morgan fingerprint density at radius 3 is 0.832 bits per heavy atom. The van der Waals surface area contributed by atoms with E-state index < -0.39 is 0 Å². The number of ether oxygens (including phenoxy) is 1. The van der Waals surface area contributed by atoms with Gasteiger partial charge >= 0.3 is 0 Å². The van der Waals surface area contributed by atoms with Gasteiger partial charge in [0, 0.05) is 161 Å². The smallest absolute Gasteiger partial charge is 0.226 e. The number of benzene rings is 4. The van der Waals surface area contributed by atoms with Crippen LogP contribution in [0, 0.1) is 28.6 Å². The van der Waals surface area contributed by atoms with Crippen LogP contribution in [0.5, 0.6) is 5.88 Å². The Morgan fingerprint density at radius 1 is 0.354 bits per heavy atom. The van der Waals surface area contributed by atoms with Gasteiger partial charge in [0.15, 0.2) is 0 Å². The molecular weight excluding hydrogens is 1430 g/mol. The van der Waals surface area contributed by atoms with Crippen LogP contribution in [0.4, 0.5) is 28.6 Å². The molecule has 18 nitrogen and oxygen atoms in total. The first-order valence-electron chi connectivity index (χ1n) is 40.4. The molecule has 0 aliphatic heterocycles. The summed E-state index contributed by atoms with van der Waals surface area (Å²) in [6.07, 6.45) is 26.1. The number of nitrogens with two attached hydrogens (primary N) is 1. The summed E-state index contributed by atoms with van der Waals surface area (Å²) < 4.78 is 5.08. The van der Waals surface area contributed by atoms with Crippen LogP contribution in [0.2, 0.25) is 5.15 Å². The lowest BCUT2D eigenvalue weighted by molar-refractivity contribution is -0.173. The average molecular weight is 1540 g/mol. The van der Waals surface area contributed by atoms with E-state index in [4.69, 9.17) is 22.1 Å². The molecule has 4 heterocycles. The highest BCUT2D eigenvalue weighted by Crippen LogP contribution is 2.77. The molecule has 12 aliphatic carbocycles. The van der Waals surface area contributed by atoms with E-state index in [1.165, 1.54) is 22.3 Å². The monoisotopic (exact) mass is 1540 g/mol. The van der Waals surface area contributed by atoms with Crippen LogP contribution >= 0.6 is 11.6 Å². The minimum Gasteiger partial charge on any atom is -0.481 e. The Balaban J connectivity index is 0.000000132. The third-order valence-electron chi connectivity index (χ3n) is 26.8. The number of Topliss-reactive ketones (excluding diaryl/α,β-unsaturated/α-hetero) is 4. The van der Waals surface area contributed by atoms with Crippen LogP contribution in [-0.2, 0) is 85.7 Å². The molecule has 8 bridgehead atoms. The van der Waals surface area contributed by atoms with Crippen LogP contribution in [0.25, 0.3) is 0 Å². The Labute approximate surface area is 670 Å². The van der Waals surface area contributed by atoms with Crippen LogP contribution in [-0.4, -0.2) is 102 Å². The molecule has 0 spiro atoms. The van der Waals surface area contributed by atoms with Crippen molar-refractivity contribution in [3.8, 4) is 5.88 Å². The predicted octanol–water partition coefficient (Wildman–Crippen LogP) is 16.9. The van der Waals surface area contributed by atoms with Crippen LogP contribution in [0.15, 0.2) is 170 Å². The van der Waals surface area contributed by atoms with E-state index in [9.17, 15) is 38.4 Å². The van der Waals surface area contributed by atoms with Crippen molar-refractivity contribution >= 4 is 86.9 Å². The van der Waals surface area contributed by atoms with E-state index in [1.54, 1.807) is 57.4 Å². The first kappa shape index (κ1) is 81.0. The number of hydrogen-bond acceptors (Lipinski definition) is 14. The van der Waals surface area contributed by atoms with Crippen LogP contribution in [0.3, 0.4) is 0 Å². The number of amides is 4. The van der Waals surface area contributed by atoms with Crippen molar-refractivity contribution in [3.63, 3.8) is 0 Å². The summed E-state index contributed by atoms with van der Waals surface area (Å²) in [4.78, 5) is 122. The highest BCUT2D eigenvalue weighted by atomic mass is 35.5. The fraction of sp³-hybridized carbons (Fsp3) is 0.447. The summed E-state index contributed by atoms with van der Waals surface area (Å²) in [6, 6.07) is 48.6. The van der Waals surface area contributed by atoms with Gasteiger partial charge in [-0.15, -0.1) is 0 Å². The van der Waals surface area contributed by atoms with Gasteiger partial charge in [0.25, 0.3) is 0 Å². The van der Waals surface area contributed by atoms with Gasteiger partial charge in [-0.05, 0) is 243 Å². The van der Waals surface area contributed by atoms with Crippen molar-refractivity contribution in [1.29, 1.82) is 0 Å². The van der Waals surface area contributed by atoms with Crippen molar-refractivity contribution in [2.75, 3.05) is 60.6 Å². The Morgan fingerprint density at radius 2 is 0.611 bits per heavy atom. The SMILES string of the molecule is CCC(=O)N(C)c1ccc(C23CC(C(=O)CCc4ccc(C)nc4)(C2)C3)cc1.CCC(=O)N(C)c1ccc(C23CC(C(=O)CCc4ccc(Cl)nc4)(C2)C3)cc1.CCC(=O)N(C)c1ccc(C23CC(C(=O)CCc4ccc(N)nc4)(C2)C3)cc1.CCC(=O)N(C)c1ccc(C23CC(C(=O)CCc4ccc(OC)nc4)(C2)C3)cc1. The van der Waals surface area contributed by atoms with Gasteiger partial charge < -0.3 is 30.1 Å². The third kappa shape index (κ3) is 16.0. The minimum atomic E-state index is -0.104. The number of hydrogen-bond donors (Lipinski definition) is 1. The minimum absolute atomic E-state index is 0.0776. The van der Waals surface area contributed by atoms with Crippen LogP contribution < -0.4 is 30.1 Å². The molecule has 12 fully saturated rings. The normalized spacial score (nSPS) is 24.7. The first-order chi connectivity index (χ1) is 54.0. The molecule has 8 aromatic rings. The summed E-state index contributed by atoms with van der Waals surface area (Å²) in [7, 11) is 8.85. The van der Waals surface area contributed by atoms with Gasteiger partial charge in [0.05, 0.1) is 7.11 Å². The molecule has 12 saturated carbocycles. The number of ketones is 4. The number of anilines is 5. The summed E-state index contributed by atoms with van der Waals surface area (Å²) in [6.45, 7) is 9.46. The van der Waals surface area contributed by atoms with Crippen LogP contribution in [0.1, 0.15) is 206 Å². The highest BCUT2D eigenvalue weighted by Gasteiger charge is 2.74. The lowest BCUT2D eigenvalue weighted by Crippen LogP contribution is -2.67. The lowest BCUT2D eigenvalue weighted by Gasteiger charge is -2.70. The molecule has 0 radical (unpaired) electrons. The van der Waals surface area contributed by atoms with E-state index in [-0.39, 0.29) is 66.9 Å². The fourth-order valence-electron chi connectivity index (χ4n) is 19.8. The second-order valence-electron chi connectivity index (χ2n) is 34.1.